The predicted molar refractivity (Wildman–Crippen MR) is 110 cm³/mol. The minimum Gasteiger partial charge on any atom is -0.336 e. The SMILES string of the molecule is Cl.Cn1ccnc1C1CNCCN1C(=O)c1ccc(-c2ccccc2)[nH]c1=O. The third kappa shape index (κ3) is 3.72. The molecule has 1 fully saturated rings. The fourth-order valence-electron chi connectivity index (χ4n) is 3.46. The van der Waals surface area contributed by atoms with Gasteiger partial charge in [-0.3, -0.25) is 9.59 Å². The smallest absolute Gasteiger partial charge is 0.261 e. The summed E-state index contributed by atoms with van der Waals surface area (Å²) in [6.07, 6.45) is 3.57. The average Bonchev–Trinajstić information content (AvgIpc) is 3.14. The van der Waals surface area contributed by atoms with Gasteiger partial charge in [0.2, 0.25) is 0 Å². The van der Waals surface area contributed by atoms with Crippen LogP contribution < -0.4 is 10.9 Å². The van der Waals surface area contributed by atoms with Crippen molar-refractivity contribution in [3.8, 4) is 11.3 Å². The highest BCUT2D eigenvalue weighted by Crippen LogP contribution is 2.22. The van der Waals surface area contributed by atoms with Gasteiger partial charge in [-0.2, -0.15) is 0 Å². The number of hydrogen-bond acceptors (Lipinski definition) is 4. The second-order valence-corrected chi connectivity index (χ2v) is 6.60. The number of carbonyl (C=O) groups excluding carboxylic acids is 1. The maximum Gasteiger partial charge on any atom is 0.261 e. The summed E-state index contributed by atoms with van der Waals surface area (Å²) in [6, 6.07) is 12.8. The van der Waals surface area contributed by atoms with E-state index >= 15 is 0 Å². The van der Waals surface area contributed by atoms with Crippen molar-refractivity contribution in [2.75, 3.05) is 19.6 Å². The number of imidazole rings is 1. The first kappa shape index (κ1) is 19.9. The van der Waals surface area contributed by atoms with Gasteiger partial charge in [0.15, 0.2) is 0 Å². The molecule has 7 nitrogen and oxygen atoms in total. The molecule has 0 spiro atoms. The Morgan fingerprint density at radius 3 is 2.64 bits per heavy atom. The number of nitrogens with one attached hydrogen (secondary N) is 2. The minimum atomic E-state index is -0.376. The highest BCUT2D eigenvalue weighted by molar-refractivity contribution is 5.94. The molecular formula is C20H22ClN5O2. The van der Waals surface area contributed by atoms with E-state index in [9.17, 15) is 9.59 Å². The van der Waals surface area contributed by atoms with Crippen LogP contribution in [0.2, 0.25) is 0 Å². The number of pyridine rings is 1. The summed E-state index contributed by atoms with van der Waals surface area (Å²) in [7, 11) is 1.90. The molecule has 146 valence electrons. The largest absolute Gasteiger partial charge is 0.336 e. The van der Waals surface area contributed by atoms with Crippen LogP contribution >= 0.6 is 12.4 Å². The quantitative estimate of drug-likeness (QED) is 0.705. The van der Waals surface area contributed by atoms with Gasteiger partial charge in [0.05, 0.1) is 0 Å². The summed E-state index contributed by atoms with van der Waals surface area (Å²) >= 11 is 0. The molecule has 0 saturated carbocycles. The summed E-state index contributed by atoms with van der Waals surface area (Å²) in [5, 5.41) is 3.30. The van der Waals surface area contributed by atoms with Gasteiger partial charge < -0.3 is 19.8 Å². The number of carbonyl (C=O) groups is 1. The number of piperazine rings is 1. The maximum absolute atomic E-state index is 13.1. The number of rotatable bonds is 3. The Labute approximate surface area is 168 Å². The molecule has 28 heavy (non-hydrogen) atoms. The van der Waals surface area contributed by atoms with Gasteiger partial charge in [-0.25, -0.2) is 4.98 Å². The first-order valence-electron chi connectivity index (χ1n) is 8.93. The van der Waals surface area contributed by atoms with Crippen LogP contribution in [0.5, 0.6) is 0 Å². The molecule has 1 aromatic carbocycles. The Morgan fingerprint density at radius 2 is 1.96 bits per heavy atom. The average molecular weight is 400 g/mol. The second kappa shape index (κ2) is 8.41. The molecule has 1 aliphatic rings. The standard InChI is InChI=1S/C20H21N5O2.ClH/c1-24-11-10-22-18(24)17-13-21-9-12-25(17)20(27)15-7-8-16(23-19(15)26)14-5-3-2-4-6-14;/h2-8,10-11,17,21H,9,12-13H2,1H3,(H,23,26);1H. The van der Waals surface area contributed by atoms with Crippen LogP contribution in [0.25, 0.3) is 11.3 Å². The first-order chi connectivity index (χ1) is 13.1. The minimum absolute atomic E-state index is 0. The summed E-state index contributed by atoms with van der Waals surface area (Å²) < 4.78 is 1.90. The monoisotopic (exact) mass is 399 g/mol. The zero-order chi connectivity index (χ0) is 18.8. The van der Waals surface area contributed by atoms with E-state index in [0.717, 1.165) is 11.4 Å². The lowest BCUT2D eigenvalue weighted by Gasteiger charge is -2.35. The van der Waals surface area contributed by atoms with Gasteiger partial charge in [0, 0.05) is 44.8 Å². The van der Waals surface area contributed by atoms with Crippen LogP contribution in [-0.2, 0) is 7.05 Å². The van der Waals surface area contributed by atoms with Gasteiger partial charge in [-0.1, -0.05) is 30.3 Å². The van der Waals surface area contributed by atoms with Gasteiger partial charge in [0.25, 0.3) is 11.5 Å². The zero-order valence-corrected chi connectivity index (χ0v) is 16.3. The summed E-state index contributed by atoms with van der Waals surface area (Å²) in [4.78, 5) is 34.7. The Bertz CT molecular complexity index is 1010. The predicted octanol–water partition coefficient (Wildman–Crippen LogP) is 1.98. The number of halogens is 1. The molecule has 3 aromatic rings. The Balaban J connectivity index is 0.00000225. The van der Waals surface area contributed by atoms with E-state index in [4.69, 9.17) is 0 Å². The lowest BCUT2D eigenvalue weighted by Crippen LogP contribution is -2.50. The van der Waals surface area contributed by atoms with Crippen LogP contribution in [0, 0.1) is 0 Å². The molecule has 0 radical (unpaired) electrons. The molecule has 1 atom stereocenters. The third-order valence-corrected chi connectivity index (χ3v) is 4.89. The first-order valence-corrected chi connectivity index (χ1v) is 8.93. The molecule has 8 heteroatoms. The van der Waals surface area contributed by atoms with E-state index in [1.54, 1.807) is 23.2 Å². The van der Waals surface area contributed by atoms with Crippen molar-refractivity contribution < 1.29 is 4.79 Å². The lowest BCUT2D eigenvalue weighted by atomic mass is 10.1. The second-order valence-electron chi connectivity index (χ2n) is 6.60. The fraction of sp³-hybridized carbons (Fsp3) is 0.250. The number of H-pyrrole nitrogens is 1. The molecule has 2 N–H and O–H groups in total. The van der Waals surface area contributed by atoms with Crippen LogP contribution in [0.3, 0.4) is 0 Å². The van der Waals surface area contributed by atoms with E-state index in [1.165, 1.54) is 0 Å². The van der Waals surface area contributed by atoms with Gasteiger partial charge in [-0.15, -0.1) is 12.4 Å². The lowest BCUT2D eigenvalue weighted by molar-refractivity contribution is 0.0619. The molecule has 0 aliphatic carbocycles. The summed E-state index contributed by atoms with van der Waals surface area (Å²) in [5.74, 6) is 0.526. The van der Waals surface area contributed by atoms with Crippen LogP contribution in [0.1, 0.15) is 22.2 Å². The fourth-order valence-corrected chi connectivity index (χ4v) is 3.46. The van der Waals surface area contributed by atoms with Gasteiger partial charge >= 0.3 is 0 Å². The number of aromatic nitrogens is 3. The third-order valence-electron chi connectivity index (χ3n) is 4.89. The van der Waals surface area contributed by atoms with Crippen molar-refractivity contribution in [3.63, 3.8) is 0 Å². The van der Waals surface area contributed by atoms with E-state index in [1.807, 2.05) is 48.1 Å². The Kier molecular flexibility index (Phi) is 5.96. The number of aromatic amines is 1. The molecular weight excluding hydrogens is 378 g/mol. The van der Waals surface area contributed by atoms with Crippen molar-refractivity contribution in [1.29, 1.82) is 0 Å². The molecule has 3 heterocycles. The molecule has 1 amide bonds. The van der Waals surface area contributed by atoms with E-state index < -0.39 is 0 Å². The van der Waals surface area contributed by atoms with E-state index in [0.29, 0.717) is 25.3 Å². The van der Waals surface area contributed by atoms with Crippen LogP contribution in [-0.4, -0.2) is 45.0 Å². The molecule has 1 unspecified atom stereocenters. The molecule has 1 saturated heterocycles. The van der Waals surface area contributed by atoms with Crippen molar-refractivity contribution in [1.82, 2.24) is 24.8 Å². The van der Waals surface area contributed by atoms with Crippen molar-refractivity contribution in [2.24, 2.45) is 7.05 Å². The summed E-state index contributed by atoms with van der Waals surface area (Å²) in [5.41, 5.74) is 1.37. The van der Waals surface area contributed by atoms with Crippen LogP contribution in [0.4, 0.5) is 0 Å². The van der Waals surface area contributed by atoms with Crippen molar-refractivity contribution in [3.05, 3.63) is 76.6 Å². The normalized spacial score (nSPS) is 16.5. The highest BCUT2D eigenvalue weighted by atomic mass is 35.5. The molecule has 4 rings (SSSR count). The van der Waals surface area contributed by atoms with Gasteiger partial charge in [0.1, 0.15) is 17.4 Å². The zero-order valence-electron chi connectivity index (χ0n) is 15.5. The molecule has 2 aromatic heterocycles. The van der Waals surface area contributed by atoms with Crippen molar-refractivity contribution in [2.45, 2.75) is 6.04 Å². The highest BCUT2D eigenvalue weighted by Gasteiger charge is 2.32. The Hall–Kier alpha value is -2.90. The molecule has 0 bridgehead atoms. The van der Waals surface area contributed by atoms with E-state index in [2.05, 4.69) is 15.3 Å². The number of aryl methyl sites for hydroxylation is 1. The summed E-state index contributed by atoms with van der Waals surface area (Å²) in [6.45, 7) is 1.82. The Morgan fingerprint density at radius 1 is 1.18 bits per heavy atom. The number of benzene rings is 1. The van der Waals surface area contributed by atoms with E-state index in [-0.39, 0.29) is 35.5 Å². The number of hydrogen-bond donors (Lipinski definition) is 2. The van der Waals surface area contributed by atoms with Crippen LogP contribution in [0.15, 0.2) is 59.7 Å². The molecule has 1 aliphatic heterocycles. The number of nitrogens with zero attached hydrogens (tertiary/aromatic N) is 3. The number of amides is 1. The van der Waals surface area contributed by atoms with Crippen molar-refractivity contribution >= 4 is 18.3 Å². The topological polar surface area (TPSA) is 83.0 Å². The maximum atomic E-state index is 13.1. The van der Waals surface area contributed by atoms with Gasteiger partial charge in [-0.05, 0) is 17.7 Å².